The van der Waals surface area contributed by atoms with E-state index in [1.165, 1.54) is 30.8 Å². The fourth-order valence-electron chi connectivity index (χ4n) is 3.31. The molecule has 0 aromatic carbocycles. The van der Waals surface area contributed by atoms with Crippen molar-refractivity contribution in [3.05, 3.63) is 16.1 Å². The van der Waals surface area contributed by atoms with Crippen molar-refractivity contribution in [2.24, 2.45) is 5.92 Å². The minimum Gasteiger partial charge on any atom is -0.375 e. The normalized spacial score (nSPS) is 28.8. The molecule has 2 bridgehead atoms. The fraction of sp³-hybridized carbons (Fsp3) is 0.714. The third-order valence-electron chi connectivity index (χ3n) is 4.29. The summed E-state index contributed by atoms with van der Waals surface area (Å²) in [4.78, 5) is 13.1. The molecule has 2 saturated heterocycles. The van der Waals surface area contributed by atoms with Gasteiger partial charge in [-0.3, -0.25) is 4.79 Å². The number of hydrogen-bond donors (Lipinski definition) is 1. The lowest BCUT2D eigenvalue weighted by Gasteiger charge is -2.18. The SMILES string of the molecule is Cc1nsc(C)c1C(=O)NCCC1CC2CCC1O2. The van der Waals surface area contributed by atoms with Crippen molar-refractivity contribution in [1.82, 2.24) is 9.69 Å². The summed E-state index contributed by atoms with van der Waals surface area (Å²) in [5.74, 6) is 0.662. The van der Waals surface area contributed by atoms with Crippen molar-refractivity contribution < 1.29 is 9.53 Å². The van der Waals surface area contributed by atoms with E-state index in [9.17, 15) is 4.79 Å². The topological polar surface area (TPSA) is 51.2 Å². The molecule has 1 N–H and O–H groups in total. The molecule has 0 saturated carbocycles. The zero-order valence-electron chi connectivity index (χ0n) is 11.4. The van der Waals surface area contributed by atoms with Crippen LogP contribution in [0.25, 0.3) is 0 Å². The molecule has 2 fully saturated rings. The monoisotopic (exact) mass is 280 g/mol. The number of carbonyl (C=O) groups is 1. The third kappa shape index (κ3) is 2.54. The molecule has 3 atom stereocenters. The fourth-order valence-corrected chi connectivity index (χ4v) is 4.01. The molecule has 0 spiro atoms. The molecule has 0 radical (unpaired) electrons. The number of ether oxygens (including phenoxy) is 1. The first kappa shape index (κ1) is 13.1. The van der Waals surface area contributed by atoms with Crippen LogP contribution in [0, 0.1) is 19.8 Å². The number of nitrogens with one attached hydrogen (secondary N) is 1. The van der Waals surface area contributed by atoms with Crippen molar-refractivity contribution in [3.8, 4) is 0 Å². The highest BCUT2D eigenvalue weighted by Crippen LogP contribution is 2.40. The molecule has 0 aliphatic carbocycles. The molecular formula is C14H20N2O2S. The summed E-state index contributed by atoms with van der Waals surface area (Å²) in [6, 6.07) is 0. The summed E-state index contributed by atoms with van der Waals surface area (Å²) in [5.41, 5.74) is 1.59. The number of aryl methyl sites for hydroxylation is 2. The predicted octanol–water partition coefficient (Wildman–Crippen LogP) is 2.45. The number of rotatable bonds is 4. The molecular weight excluding hydrogens is 260 g/mol. The molecule has 5 heteroatoms. The maximum absolute atomic E-state index is 12.1. The van der Waals surface area contributed by atoms with Crippen LogP contribution in [0.2, 0.25) is 0 Å². The number of amides is 1. The van der Waals surface area contributed by atoms with Gasteiger partial charge in [-0.05, 0) is 57.0 Å². The summed E-state index contributed by atoms with van der Waals surface area (Å²) in [7, 11) is 0. The Morgan fingerprint density at radius 1 is 1.47 bits per heavy atom. The second-order valence-corrected chi connectivity index (χ2v) is 6.59. The van der Waals surface area contributed by atoms with Crippen molar-refractivity contribution in [3.63, 3.8) is 0 Å². The van der Waals surface area contributed by atoms with Gasteiger partial charge in [0.05, 0.1) is 23.5 Å². The van der Waals surface area contributed by atoms with E-state index in [1.807, 2.05) is 13.8 Å². The third-order valence-corrected chi connectivity index (χ3v) is 5.14. The molecule has 3 heterocycles. The quantitative estimate of drug-likeness (QED) is 0.921. The van der Waals surface area contributed by atoms with Gasteiger partial charge in [0, 0.05) is 11.4 Å². The molecule has 1 aromatic heterocycles. The zero-order valence-corrected chi connectivity index (χ0v) is 12.3. The minimum atomic E-state index is 0.0211. The standard InChI is InChI=1S/C14H20N2O2S/c1-8-13(9(2)19-16-8)14(17)15-6-5-10-7-11-3-4-12(10)18-11/h10-12H,3-7H2,1-2H3,(H,15,17). The van der Waals surface area contributed by atoms with Gasteiger partial charge in [-0.25, -0.2) is 0 Å². The van der Waals surface area contributed by atoms with Crippen LogP contribution < -0.4 is 5.32 Å². The van der Waals surface area contributed by atoms with Gasteiger partial charge in [0.2, 0.25) is 0 Å². The summed E-state index contributed by atoms with van der Waals surface area (Å²) in [5, 5.41) is 3.03. The van der Waals surface area contributed by atoms with E-state index in [0.717, 1.165) is 29.1 Å². The molecule has 2 aliphatic heterocycles. The van der Waals surface area contributed by atoms with E-state index >= 15 is 0 Å². The van der Waals surface area contributed by atoms with Crippen LogP contribution in [0.3, 0.4) is 0 Å². The second-order valence-electron chi connectivity index (χ2n) is 5.61. The van der Waals surface area contributed by atoms with E-state index < -0.39 is 0 Å². The van der Waals surface area contributed by atoms with Gasteiger partial charge in [0.1, 0.15) is 0 Å². The second kappa shape index (κ2) is 5.21. The molecule has 2 aliphatic rings. The maximum Gasteiger partial charge on any atom is 0.254 e. The Labute approximate surface area is 117 Å². The average molecular weight is 280 g/mol. The molecule has 3 rings (SSSR count). The van der Waals surface area contributed by atoms with E-state index in [1.54, 1.807) is 0 Å². The van der Waals surface area contributed by atoms with Crippen LogP contribution in [0.4, 0.5) is 0 Å². The highest BCUT2D eigenvalue weighted by molar-refractivity contribution is 7.06. The molecule has 3 unspecified atom stereocenters. The summed E-state index contributed by atoms with van der Waals surface area (Å²) < 4.78 is 10.0. The lowest BCUT2D eigenvalue weighted by Crippen LogP contribution is -2.28. The lowest BCUT2D eigenvalue weighted by molar-refractivity contribution is 0.0887. The number of nitrogens with zero attached hydrogens (tertiary/aromatic N) is 1. The van der Waals surface area contributed by atoms with E-state index in [4.69, 9.17) is 4.74 Å². The highest BCUT2D eigenvalue weighted by Gasteiger charge is 2.40. The minimum absolute atomic E-state index is 0.0211. The molecule has 19 heavy (non-hydrogen) atoms. The molecule has 104 valence electrons. The first-order chi connectivity index (χ1) is 9.15. The Morgan fingerprint density at radius 3 is 2.89 bits per heavy atom. The smallest absolute Gasteiger partial charge is 0.254 e. The van der Waals surface area contributed by atoms with Crippen molar-refractivity contribution >= 4 is 17.4 Å². The van der Waals surface area contributed by atoms with Crippen LogP contribution in [-0.2, 0) is 4.74 Å². The Morgan fingerprint density at radius 2 is 2.32 bits per heavy atom. The van der Waals surface area contributed by atoms with Crippen LogP contribution >= 0.6 is 11.5 Å². The van der Waals surface area contributed by atoms with Gasteiger partial charge in [0.15, 0.2) is 0 Å². The van der Waals surface area contributed by atoms with Crippen LogP contribution in [-0.4, -0.2) is 29.0 Å². The summed E-state index contributed by atoms with van der Waals surface area (Å²) in [6.45, 7) is 4.58. The zero-order chi connectivity index (χ0) is 13.4. The number of hydrogen-bond acceptors (Lipinski definition) is 4. The number of carbonyl (C=O) groups excluding carboxylic acids is 1. The summed E-state index contributed by atoms with van der Waals surface area (Å²) >= 11 is 1.40. The first-order valence-corrected chi connectivity index (χ1v) is 7.79. The average Bonchev–Trinajstić information content (AvgIpc) is 3.05. The molecule has 1 amide bonds. The summed E-state index contributed by atoms with van der Waals surface area (Å²) in [6.07, 6.45) is 5.59. The number of aromatic nitrogens is 1. The van der Waals surface area contributed by atoms with Gasteiger partial charge in [-0.15, -0.1) is 0 Å². The maximum atomic E-state index is 12.1. The van der Waals surface area contributed by atoms with Gasteiger partial charge in [-0.1, -0.05) is 0 Å². The molecule has 1 aromatic rings. The van der Waals surface area contributed by atoms with E-state index in [-0.39, 0.29) is 5.91 Å². The van der Waals surface area contributed by atoms with Gasteiger partial charge >= 0.3 is 0 Å². The van der Waals surface area contributed by atoms with Crippen molar-refractivity contribution in [2.45, 2.75) is 51.7 Å². The Bertz CT molecular complexity index is 466. The van der Waals surface area contributed by atoms with E-state index in [2.05, 4.69) is 9.69 Å². The molecule has 4 nitrogen and oxygen atoms in total. The van der Waals surface area contributed by atoms with Gasteiger partial charge in [-0.2, -0.15) is 4.37 Å². The van der Waals surface area contributed by atoms with E-state index in [0.29, 0.717) is 18.1 Å². The highest BCUT2D eigenvalue weighted by atomic mass is 32.1. The number of fused-ring (bicyclic) bond motifs is 2. The first-order valence-electron chi connectivity index (χ1n) is 7.01. The lowest BCUT2D eigenvalue weighted by atomic mass is 9.87. The van der Waals surface area contributed by atoms with Crippen molar-refractivity contribution in [1.29, 1.82) is 0 Å². The van der Waals surface area contributed by atoms with Crippen molar-refractivity contribution in [2.75, 3.05) is 6.54 Å². The van der Waals surface area contributed by atoms with Crippen LogP contribution in [0.5, 0.6) is 0 Å². The van der Waals surface area contributed by atoms with Gasteiger partial charge in [0.25, 0.3) is 5.91 Å². The Hall–Kier alpha value is -0.940. The largest absolute Gasteiger partial charge is 0.375 e. The van der Waals surface area contributed by atoms with Crippen LogP contribution in [0.1, 0.15) is 46.6 Å². The van der Waals surface area contributed by atoms with Gasteiger partial charge < -0.3 is 10.1 Å². The van der Waals surface area contributed by atoms with Crippen LogP contribution in [0.15, 0.2) is 0 Å². The predicted molar refractivity (Wildman–Crippen MR) is 74.5 cm³/mol. The Kier molecular flexibility index (Phi) is 3.58. The Balaban J connectivity index is 1.49.